The fourth-order valence-electron chi connectivity index (χ4n) is 3.09. The number of halogens is 1. The van der Waals surface area contributed by atoms with E-state index in [0.717, 1.165) is 29.3 Å². The molecule has 1 aromatic heterocycles. The average molecular weight is 448 g/mol. The van der Waals surface area contributed by atoms with Crippen molar-refractivity contribution in [1.29, 1.82) is 0 Å². The minimum absolute atomic E-state index is 0.0367. The Hall–Kier alpha value is -2.55. The van der Waals surface area contributed by atoms with Crippen molar-refractivity contribution in [3.63, 3.8) is 0 Å². The summed E-state index contributed by atoms with van der Waals surface area (Å²) in [7, 11) is -0.430. The van der Waals surface area contributed by atoms with Crippen molar-refractivity contribution in [2.45, 2.75) is 30.3 Å². The molecule has 1 fully saturated rings. The Morgan fingerprint density at radius 1 is 1.10 bits per heavy atom. The number of pyridine rings is 1. The lowest BCUT2D eigenvalue weighted by molar-refractivity contribution is 0.415. The molecule has 9 heteroatoms. The molecule has 0 saturated heterocycles. The SMILES string of the molecule is COc1ccc2cc(CNc3cc(S(=O)(=O)NC4CC4)ccc3OC)c(Cl)nc2c1. The summed E-state index contributed by atoms with van der Waals surface area (Å²) in [6.45, 7) is 0.351. The maximum Gasteiger partial charge on any atom is 0.240 e. The molecule has 1 heterocycles. The summed E-state index contributed by atoms with van der Waals surface area (Å²) in [5, 5.41) is 4.51. The molecular formula is C21H22ClN3O4S. The van der Waals surface area contributed by atoms with Gasteiger partial charge in [0.2, 0.25) is 10.0 Å². The highest BCUT2D eigenvalue weighted by atomic mass is 35.5. The number of hydrogen-bond acceptors (Lipinski definition) is 6. The maximum absolute atomic E-state index is 12.5. The monoisotopic (exact) mass is 447 g/mol. The molecule has 0 bridgehead atoms. The average Bonchev–Trinajstić information content (AvgIpc) is 3.54. The Morgan fingerprint density at radius 2 is 1.90 bits per heavy atom. The van der Waals surface area contributed by atoms with Gasteiger partial charge < -0.3 is 14.8 Å². The predicted octanol–water partition coefficient (Wildman–Crippen LogP) is 3.96. The summed E-state index contributed by atoms with van der Waals surface area (Å²) in [6.07, 6.45) is 1.75. The first-order chi connectivity index (χ1) is 14.4. The molecule has 0 aliphatic heterocycles. The predicted molar refractivity (Wildman–Crippen MR) is 117 cm³/mol. The Balaban J connectivity index is 1.59. The first kappa shape index (κ1) is 20.7. The van der Waals surface area contributed by atoms with Crippen LogP contribution < -0.4 is 19.5 Å². The smallest absolute Gasteiger partial charge is 0.240 e. The molecule has 1 saturated carbocycles. The highest BCUT2D eigenvalue weighted by molar-refractivity contribution is 7.89. The van der Waals surface area contributed by atoms with E-state index in [0.29, 0.717) is 28.9 Å². The van der Waals surface area contributed by atoms with Gasteiger partial charge in [0.05, 0.1) is 30.3 Å². The summed E-state index contributed by atoms with van der Waals surface area (Å²) >= 11 is 6.38. The number of benzene rings is 2. The lowest BCUT2D eigenvalue weighted by atomic mass is 10.1. The fourth-order valence-corrected chi connectivity index (χ4v) is 4.63. The first-order valence-corrected chi connectivity index (χ1v) is 11.3. The number of nitrogens with one attached hydrogen (secondary N) is 2. The highest BCUT2D eigenvalue weighted by Gasteiger charge is 2.28. The van der Waals surface area contributed by atoms with Crippen LogP contribution in [-0.2, 0) is 16.6 Å². The topological polar surface area (TPSA) is 89.5 Å². The molecule has 7 nitrogen and oxygen atoms in total. The third kappa shape index (κ3) is 4.45. The highest BCUT2D eigenvalue weighted by Crippen LogP contribution is 2.31. The molecule has 0 amide bonds. The number of fused-ring (bicyclic) bond motifs is 1. The molecule has 0 spiro atoms. The largest absolute Gasteiger partial charge is 0.497 e. The summed E-state index contributed by atoms with van der Waals surface area (Å²) < 4.78 is 38.4. The van der Waals surface area contributed by atoms with Gasteiger partial charge in [0, 0.05) is 29.6 Å². The lowest BCUT2D eigenvalue weighted by Crippen LogP contribution is -2.25. The molecule has 1 aliphatic rings. The van der Waals surface area contributed by atoms with Crippen LogP contribution in [0.25, 0.3) is 10.9 Å². The van der Waals surface area contributed by atoms with E-state index in [9.17, 15) is 8.42 Å². The van der Waals surface area contributed by atoms with Gasteiger partial charge in [0.15, 0.2) is 0 Å². The molecule has 2 N–H and O–H groups in total. The number of methoxy groups -OCH3 is 2. The Kier molecular flexibility index (Phi) is 5.73. The molecule has 2 aromatic carbocycles. The minimum Gasteiger partial charge on any atom is -0.497 e. The molecule has 0 radical (unpaired) electrons. The number of rotatable bonds is 8. The number of aromatic nitrogens is 1. The third-order valence-corrected chi connectivity index (χ3v) is 6.75. The van der Waals surface area contributed by atoms with Crippen LogP contribution in [0.5, 0.6) is 11.5 Å². The van der Waals surface area contributed by atoms with Crippen molar-refractivity contribution in [1.82, 2.24) is 9.71 Å². The summed E-state index contributed by atoms with van der Waals surface area (Å²) in [4.78, 5) is 4.63. The van der Waals surface area contributed by atoms with Crippen molar-refractivity contribution in [2.75, 3.05) is 19.5 Å². The Bertz CT molecular complexity index is 1200. The quantitative estimate of drug-likeness (QED) is 0.508. The van der Waals surface area contributed by atoms with Crippen LogP contribution in [0.1, 0.15) is 18.4 Å². The first-order valence-electron chi connectivity index (χ1n) is 9.47. The second kappa shape index (κ2) is 8.29. The van der Waals surface area contributed by atoms with Crippen molar-refractivity contribution in [3.05, 3.63) is 53.2 Å². The van der Waals surface area contributed by atoms with Crippen molar-refractivity contribution >= 4 is 38.2 Å². The molecule has 158 valence electrons. The van der Waals surface area contributed by atoms with Gasteiger partial charge >= 0.3 is 0 Å². The second-order valence-corrected chi connectivity index (χ2v) is 9.18. The van der Waals surface area contributed by atoms with E-state index in [4.69, 9.17) is 21.1 Å². The Labute approximate surface area is 180 Å². The summed E-state index contributed by atoms with van der Waals surface area (Å²) in [5.74, 6) is 1.24. The van der Waals surface area contributed by atoms with Gasteiger partial charge in [-0.2, -0.15) is 0 Å². The van der Waals surface area contributed by atoms with E-state index < -0.39 is 10.0 Å². The Morgan fingerprint density at radius 3 is 2.60 bits per heavy atom. The number of anilines is 1. The second-order valence-electron chi connectivity index (χ2n) is 7.11. The molecule has 0 atom stereocenters. The van der Waals surface area contributed by atoms with Crippen LogP contribution in [0.15, 0.2) is 47.4 Å². The molecule has 0 unspecified atom stereocenters. The van der Waals surface area contributed by atoms with Gasteiger partial charge in [-0.05, 0) is 49.2 Å². The van der Waals surface area contributed by atoms with E-state index in [-0.39, 0.29) is 10.9 Å². The molecule has 3 aromatic rings. The number of sulfonamides is 1. The standard InChI is InChI=1S/C21H22ClN3O4S/c1-28-16-6-3-13-9-14(21(22)24-18(13)10-16)12-23-19-11-17(7-8-20(19)29-2)30(26,27)25-15-4-5-15/h3,6-11,15,23,25H,4-5,12H2,1-2H3. The third-order valence-electron chi connectivity index (χ3n) is 4.90. The van der Waals surface area contributed by atoms with Gasteiger partial charge in [-0.1, -0.05) is 11.6 Å². The van der Waals surface area contributed by atoms with Crippen LogP contribution in [0.4, 0.5) is 5.69 Å². The zero-order valence-corrected chi connectivity index (χ0v) is 18.2. The van der Waals surface area contributed by atoms with Gasteiger partial charge in [0.1, 0.15) is 16.7 Å². The van der Waals surface area contributed by atoms with Gasteiger partial charge in [-0.25, -0.2) is 18.1 Å². The summed E-state index contributed by atoms with van der Waals surface area (Å²) in [5.41, 5.74) is 2.07. The van der Waals surface area contributed by atoms with E-state index in [1.165, 1.54) is 13.2 Å². The van der Waals surface area contributed by atoms with Crippen LogP contribution in [0.2, 0.25) is 5.15 Å². The van der Waals surface area contributed by atoms with E-state index in [1.807, 2.05) is 24.3 Å². The molecular weight excluding hydrogens is 426 g/mol. The minimum atomic E-state index is -3.57. The zero-order valence-electron chi connectivity index (χ0n) is 16.6. The van der Waals surface area contributed by atoms with Crippen molar-refractivity contribution in [3.8, 4) is 11.5 Å². The van der Waals surface area contributed by atoms with E-state index in [2.05, 4.69) is 15.0 Å². The van der Waals surface area contributed by atoms with Crippen LogP contribution in [-0.4, -0.2) is 33.7 Å². The fraction of sp³-hybridized carbons (Fsp3) is 0.286. The molecule has 30 heavy (non-hydrogen) atoms. The van der Waals surface area contributed by atoms with Crippen molar-refractivity contribution < 1.29 is 17.9 Å². The molecule has 1 aliphatic carbocycles. The maximum atomic E-state index is 12.5. The van der Waals surface area contributed by atoms with Crippen LogP contribution >= 0.6 is 11.6 Å². The normalized spacial score (nSPS) is 14.0. The number of ether oxygens (including phenoxy) is 2. The zero-order chi connectivity index (χ0) is 21.3. The number of nitrogens with zero attached hydrogens (tertiary/aromatic N) is 1. The van der Waals surface area contributed by atoms with Gasteiger partial charge in [-0.15, -0.1) is 0 Å². The van der Waals surface area contributed by atoms with Crippen LogP contribution in [0, 0.1) is 0 Å². The van der Waals surface area contributed by atoms with E-state index >= 15 is 0 Å². The lowest BCUT2D eigenvalue weighted by Gasteiger charge is -2.14. The van der Waals surface area contributed by atoms with Gasteiger partial charge in [-0.3, -0.25) is 0 Å². The summed E-state index contributed by atoms with van der Waals surface area (Å²) in [6, 6.07) is 12.3. The van der Waals surface area contributed by atoms with Gasteiger partial charge in [0.25, 0.3) is 0 Å². The molecule has 4 rings (SSSR count). The van der Waals surface area contributed by atoms with Crippen molar-refractivity contribution in [2.24, 2.45) is 0 Å². The van der Waals surface area contributed by atoms with E-state index in [1.54, 1.807) is 19.2 Å². The number of hydrogen-bond donors (Lipinski definition) is 2. The van der Waals surface area contributed by atoms with Crippen LogP contribution in [0.3, 0.4) is 0 Å².